The third-order valence-electron chi connectivity index (χ3n) is 0. The third-order valence-corrected chi connectivity index (χ3v) is 0. The van der Waals surface area contributed by atoms with E-state index in [-0.39, 0.29) is 113 Å². The molecule has 0 spiro atoms. The van der Waals surface area contributed by atoms with Crippen LogP contribution in [0.5, 0.6) is 0 Å². The summed E-state index contributed by atoms with van der Waals surface area (Å²) < 4.78 is 8.88. The summed E-state index contributed by atoms with van der Waals surface area (Å²) in [6, 6.07) is 0. The fourth-order valence-corrected chi connectivity index (χ4v) is 0. The summed E-state index contributed by atoms with van der Waals surface area (Å²) in [7, 11) is -4.64. The van der Waals surface area contributed by atoms with E-state index in [1.165, 1.54) is 0 Å². The van der Waals surface area contributed by atoms with Gasteiger partial charge in [-0.3, -0.25) is 0 Å². The molecule has 0 unspecified atom stereocenters. The maximum atomic E-state index is 8.88. The summed E-state index contributed by atoms with van der Waals surface area (Å²) in [5.74, 6) is 0. The molecule has 3 N–H and O–H groups in total. The quantitative estimate of drug-likeness (QED) is 0.265. The largest absolute Gasteiger partial charge is 1.00 e. The second kappa shape index (κ2) is 10.4. The molecule has 0 heterocycles. The van der Waals surface area contributed by atoms with Crippen LogP contribution in [-0.2, 0) is 4.57 Å². The third kappa shape index (κ3) is 57.6. The Morgan fingerprint density at radius 1 is 1.12 bits per heavy atom. The van der Waals surface area contributed by atoms with Gasteiger partial charge in [-0.15, -0.1) is 0 Å². The van der Waals surface area contributed by atoms with E-state index in [0.717, 1.165) is 0 Å². The molecular formula is CH9K2O4P. The van der Waals surface area contributed by atoms with Crippen LogP contribution < -0.4 is 103 Å². The molecule has 0 bridgehead atoms. The van der Waals surface area contributed by atoms with Gasteiger partial charge in [-0.25, -0.2) is 4.57 Å². The molecule has 0 saturated carbocycles. The van der Waals surface area contributed by atoms with Crippen molar-refractivity contribution in [1.82, 2.24) is 0 Å². The molecule has 0 radical (unpaired) electrons. The van der Waals surface area contributed by atoms with Gasteiger partial charge in [0.1, 0.15) is 0 Å². The first-order valence-electron chi connectivity index (χ1n) is 0.783. The van der Waals surface area contributed by atoms with Crippen LogP contribution in [-0.4, -0.2) is 14.7 Å². The molecule has 0 aromatic heterocycles. The van der Waals surface area contributed by atoms with E-state index < -0.39 is 7.82 Å². The molecular weight excluding hydrogens is 185 g/mol. The van der Waals surface area contributed by atoms with Crippen LogP contribution in [0.2, 0.25) is 0 Å². The second-order valence-corrected chi connectivity index (χ2v) is 1.54. The molecule has 0 aliphatic heterocycles. The molecule has 0 aliphatic rings. The standard InChI is InChI=1S/CH4.2K.H3O4P.2H/c;;;1-5(2,3)4;;/h1H4;;;(H3,1,2,3,4);;/q;2*+1;;2*-1. The molecule has 8 heavy (non-hydrogen) atoms. The van der Waals surface area contributed by atoms with Gasteiger partial charge in [0.15, 0.2) is 0 Å². The average molecular weight is 194 g/mol. The van der Waals surface area contributed by atoms with Crippen molar-refractivity contribution >= 4 is 7.82 Å². The Kier molecular flexibility index (Phi) is 29.2. The first-order valence-corrected chi connectivity index (χ1v) is 2.35. The predicted molar refractivity (Wildman–Crippen MR) is 23.2 cm³/mol. The summed E-state index contributed by atoms with van der Waals surface area (Å²) >= 11 is 0. The van der Waals surface area contributed by atoms with Crippen molar-refractivity contribution in [3.05, 3.63) is 0 Å². The van der Waals surface area contributed by atoms with E-state index in [1.807, 2.05) is 0 Å². The van der Waals surface area contributed by atoms with Gasteiger partial charge in [0.25, 0.3) is 0 Å². The Hall–Kier alpha value is 3.38. The van der Waals surface area contributed by atoms with Crippen LogP contribution in [0.1, 0.15) is 10.3 Å². The molecule has 0 atom stereocenters. The summed E-state index contributed by atoms with van der Waals surface area (Å²) in [6.45, 7) is 0. The fourth-order valence-electron chi connectivity index (χ4n) is 0. The van der Waals surface area contributed by atoms with Gasteiger partial charge < -0.3 is 17.5 Å². The van der Waals surface area contributed by atoms with E-state index in [1.54, 1.807) is 0 Å². The minimum absolute atomic E-state index is 0. The first kappa shape index (κ1) is 22.5. The van der Waals surface area contributed by atoms with Gasteiger partial charge in [-0.2, -0.15) is 0 Å². The van der Waals surface area contributed by atoms with Gasteiger partial charge >= 0.3 is 111 Å². The normalized spacial score (nSPS) is 7.38. The van der Waals surface area contributed by atoms with Crippen molar-refractivity contribution in [2.24, 2.45) is 0 Å². The molecule has 0 aromatic carbocycles. The smallest absolute Gasteiger partial charge is 1.00 e. The van der Waals surface area contributed by atoms with Gasteiger partial charge in [0.05, 0.1) is 0 Å². The van der Waals surface area contributed by atoms with Crippen molar-refractivity contribution in [3.63, 3.8) is 0 Å². The zero-order valence-corrected chi connectivity index (χ0v) is 11.3. The van der Waals surface area contributed by atoms with Crippen LogP contribution >= 0.6 is 7.82 Å². The molecule has 0 aliphatic carbocycles. The van der Waals surface area contributed by atoms with Crippen molar-refractivity contribution < 1.29 is 125 Å². The van der Waals surface area contributed by atoms with Crippen LogP contribution in [0.4, 0.5) is 0 Å². The van der Waals surface area contributed by atoms with Gasteiger partial charge in [-0.05, 0) is 0 Å². The van der Waals surface area contributed by atoms with Crippen molar-refractivity contribution in [3.8, 4) is 0 Å². The van der Waals surface area contributed by atoms with Crippen molar-refractivity contribution in [2.75, 3.05) is 0 Å². The molecule has 7 heteroatoms. The summed E-state index contributed by atoms with van der Waals surface area (Å²) in [5.41, 5.74) is 0. The number of rotatable bonds is 0. The molecule has 4 nitrogen and oxygen atoms in total. The second-order valence-electron chi connectivity index (χ2n) is 0.513. The van der Waals surface area contributed by atoms with E-state index in [4.69, 9.17) is 19.2 Å². The maximum absolute atomic E-state index is 8.88. The Bertz CT molecular complexity index is 67.4. The van der Waals surface area contributed by atoms with Crippen LogP contribution in [0.3, 0.4) is 0 Å². The Morgan fingerprint density at radius 2 is 1.12 bits per heavy atom. The monoisotopic (exact) mass is 194 g/mol. The minimum atomic E-state index is -4.64. The molecule has 0 saturated heterocycles. The van der Waals surface area contributed by atoms with E-state index >= 15 is 0 Å². The van der Waals surface area contributed by atoms with Gasteiger partial charge in [0.2, 0.25) is 0 Å². The molecule has 0 amide bonds. The van der Waals surface area contributed by atoms with Gasteiger partial charge in [-0.1, -0.05) is 7.43 Å². The van der Waals surface area contributed by atoms with Gasteiger partial charge in [0, 0.05) is 0 Å². The predicted octanol–water partition coefficient (Wildman–Crippen LogP) is -6.06. The summed E-state index contributed by atoms with van der Waals surface area (Å²) in [4.78, 5) is 21.6. The average Bonchev–Trinajstić information content (AvgIpc) is 0.722. The van der Waals surface area contributed by atoms with Crippen LogP contribution in [0.25, 0.3) is 0 Å². The number of phosphoric acid groups is 1. The van der Waals surface area contributed by atoms with E-state index in [9.17, 15) is 0 Å². The van der Waals surface area contributed by atoms with E-state index in [2.05, 4.69) is 0 Å². The minimum Gasteiger partial charge on any atom is -1.00 e. The Labute approximate surface area is 136 Å². The zero-order valence-electron chi connectivity index (χ0n) is 6.20. The molecule has 0 aromatic rings. The Morgan fingerprint density at radius 3 is 1.12 bits per heavy atom. The summed E-state index contributed by atoms with van der Waals surface area (Å²) in [5, 5.41) is 0. The van der Waals surface area contributed by atoms with Crippen molar-refractivity contribution in [2.45, 2.75) is 7.43 Å². The number of hydrogen-bond acceptors (Lipinski definition) is 1. The SMILES string of the molecule is C.O=P(O)(O)O.[H-].[H-].[K+].[K+]. The van der Waals surface area contributed by atoms with Crippen LogP contribution in [0, 0.1) is 0 Å². The molecule has 0 rings (SSSR count). The topological polar surface area (TPSA) is 77.8 Å². The van der Waals surface area contributed by atoms with E-state index in [0.29, 0.717) is 0 Å². The molecule has 44 valence electrons. The maximum Gasteiger partial charge on any atom is 1.00 e. The van der Waals surface area contributed by atoms with Crippen LogP contribution in [0.15, 0.2) is 0 Å². The Balaban J connectivity index is -0.00000000800. The zero-order chi connectivity index (χ0) is 4.50. The fraction of sp³-hybridized carbons (Fsp3) is 1.00. The number of hydrogen-bond donors (Lipinski definition) is 3. The van der Waals surface area contributed by atoms with Crippen molar-refractivity contribution in [1.29, 1.82) is 0 Å². The summed E-state index contributed by atoms with van der Waals surface area (Å²) in [6.07, 6.45) is 0. The first-order chi connectivity index (χ1) is 2.00. The molecule has 0 fully saturated rings.